The second-order valence-corrected chi connectivity index (χ2v) is 6.38. The predicted octanol–water partition coefficient (Wildman–Crippen LogP) is 3.94. The van der Waals surface area contributed by atoms with E-state index in [2.05, 4.69) is 10.3 Å². The van der Waals surface area contributed by atoms with Crippen LogP contribution in [0.15, 0.2) is 41.6 Å². The molecule has 110 valence electrons. The van der Waals surface area contributed by atoms with Crippen molar-refractivity contribution in [3.05, 3.63) is 48.0 Å². The summed E-state index contributed by atoms with van der Waals surface area (Å²) in [6.45, 7) is 0. The first-order chi connectivity index (χ1) is 10.2. The lowest BCUT2D eigenvalue weighted by Gasteiger charge is -2.28. The second kappa shape index (κ2) is 5.93. The van der Waals surface area contributed by atoms with E-state index in [0.717, 1.165) is 34.0 Å². The lowest BCUT2D eigenvalue weighted by atomic mass is 10.0. The minimum Gasteiger partial charge on any atom is -0.376 e. The Bertz CT molecular complexity index is 645. The molecule has 1 unspecified atom stereocenters. The molecule has 0 amide bonds. The zero-order valence-electron chi connectivity index (χ0n) is 12.1. The van der Waals surface area contributed by atoms with Crippen molar-refractivity contribution in [1.82, 2.24) is 4.98 Å². The Morgan fingerprint density at radius 1 is 1.33 bits per heavy atom. The first-order valence-electron chi connectivity index (χ1n) is 6.96. The van der Waals surface area contributed by atoms with Crippen LogP contribution >= 0.6 is 11.8 Å². The number of hydrogen-bond acceptors (Lipinski definition) is 4. The molecule has 1 aromatic carbocycles. The van der Waals surface area contributed by atoms with Crippen LogP contribution < -0.4 is 10.2 Å². The molecular formula is C16H18FN3S. The van der Waals surface area contributed by atoms with E-state index in [1.807, 2.05) is 37.3 Å². The molecule has 1 aliphatic rings. The number of thioether (sulfide) groups is 1. The van der Waals surface area contributed by atoms with E-state index in [-0.39, 0.29) is 11.9 Å². The molecule has 3 nitrogen and oxygen atoms in total. The second-order valence-electron chi connectivity index (χ2n) is 5.28. The average molecular weight is 303 g/mol. The van der Waals surface area contributed by atoms with Crippen LogP contribution in [0.2, 0.25) is 0 Å². The van der Waals surface area contributed by atoms with E-state index in [9.17, 15) is 4.39 Å². The number of rotatable bonds is 3. The van der Waals surface area contributed by atoms with Crippen LogP contribution in [0.4, 0.5) is 15.8 Å². The van der Waals surface area contributed by atoms with Crippen molar-refractivity contribution in [3.63, 3.8) is 0 Å². The molecule has 1 atom stereocenters. The van der Waals surface area contributed by atoms with Crippen LogP contribution in [0.25, 0.3) is 0 Å². The highest BCUT2D eigenvalue weighted by Crippen LogP contribution is 2.40. The van der Waals surface area contributed by atoms with E-state index < -0.39 is 0 Å². The van der Waals surface area contributed by atoms with Gasteiger partial charge in [0.25, 0.3) is 0 Å². The van der Waals surface area contributed by atoms with Crippen LogP contribution in [-0.4, -0.2) is 24.8 Å². The van der Waals surface area contributed by atoms with Crippen molar-refractivity contribution in [2.75, 3.05) is 30.1 Å². The Balaban J connectivity index is 1.93. The number of nitrogens with one attached hydrogen (secondary N) is 1. The fourth-order valence-corrected chi connectivity index (χ4v) is 3.75. The summed E-state index contributed by atoms with van der Waals surface area (Å²) in [6.07, 6.45) is 4.59. The van der Waals surface area contributed by atoms with Crippen molar-refractivity contribution in [2.45, 2.75) is 17.4 Å². The van der Waals surface area contributed by atoms with Gasteiger partial charge in [-0.15, -0.1) is 11.8 Å². The summed E-state index contributed by atoms with van der Waals surface area (Å²) in [5, 5.41) is 3.53. The van der Waals surface area contributed by atoms with Gasteiger partial charge < -0.3 is 10.2 Å². The summed E-state index contributed by atoms with van der Waals surface area (Å²) in [7, 11) is 4.01. The molecule has 0 saturated carbocycles. The third-order valence-corrected chi connectivity index (χ3v) is 4.79. The zero-order valence-corrected chi connectivity index (χ0v) is 13.0. The normalized spacial score (nSPS) is 17.2. The van der Waals surface area contributed by atoms with Gasteiger partial charge in [-0.2, -0.15) is 0 Å². The highest BCUT2D eigenvalue weighted by molar-refractivity contribution is 7.99. The number of aromatic nitrogens is 1. The summed E-state index contributed by atoms with van der Waals surface area (Å²) >= 11 is 1.60. The van der Waals surface area contributed by atoms with Gasteiger partial charge in [-0.25, -0.2) is 4.39 Å². The number of halogens is 1. The lowest BCUT2D eigenvalue weighted by molar-refractivity contribution is 0.585. The first kappa shape index (κ1) is 14.2. The maximum absolute atomic E-state index is 13.9. The van der Waals surface area contributed by atoms with Gasteiger partial charge in [-0.05, 0) is 24.1 Å². The molecule has 2 heterocycles. The summed E-state index contributed by atoms with van der Waals surface area (Å²) in [4.78, 5) is 7.02. The number of hydrogen-bond donors (Lipinski definition) is 1. The smallest absolute Gasteiger partial charge is 0.137 e. The van der Waals surface area contributed by atoms with Crippen LogP contribution in [-0.2, 0) is 0 Å². The molecule has 1 N–H and O–H groups in total. The van der Waals surface area contributed by atoms with Crippen LogP contribution in [0, 0.1) is 5.82 Å². The third kappa shape index (κ3) is 2.83. The van der Waals surface area contributed by atoms with E-state index in [0.29, 0.717) is 0 Å². The molecule has 0 bridgehead atoms. The zero-order chi connectivity index (χ0) is 14.8. The highest BCUT2D eigenvalue weighted by atomic mass is 32.2. The largest absolute Gasteiger partial charge is 0.376 e. The average Bonchev–Trinajstić information content (AvgIpc) is 2.49. The molecule has 0 aliphatic carbocycles. The molecule has 0 saturated heterocycles. The van der Waals surface area contributed by atoms with Gasteiger partial charge in [0.2, 0.25) is 0 Å². The minimum atomic E-state index is -0.122. The summed E-state index contributed by atoms with van der Waals surface area (Å²) in [5.74, 6) is 0.798. The summed E-state index contributed by atoms with van der Waals surface area (Å²) in [5.41, 5.74) is 3.11. The standard InChI is InChI=1S/C16H18FN3S/c1-20(2)15-6-8-18-10-14(15)19-13-7-9-21-16-11(13)4-3-5-12(16)17/h3-6,8,10,13,19H,7,9H2,1-2H3. The maximum Gasteiger partial charge on any atom is 0.137 e. The maximum atomic E-state index is 13.9. The number of nitrogens with zero attached hydrogens (tertiary/aromatic N) is 2. The van der Waals surface area contributed by atoms with Gasteiger partial charge in [0.15, 0.2) is 0 Å². The van der Waals surface area contributed by atoms with E-state index in [1.54, 1.807) is 24.0 Å². The number of anilines is 2. The van der Waals surface area contributed by atoms with E-state index >= 15 is 0 Å². The molecule has 21 heavy (non-hydrogen) atoms. The number of fused-ring (bicyclic) bond motifs is 1. The first-order valence-corrected chi connectivity index (χ1v) is 7.94. The van der Waals surface area contributed by atoms with Gasteiger partial charge in [-0.1, -0.05) is 12.1 Å². The predicted molar refractivity (Wildman–Crippen MR) is 86.7 cm³/mol. The minimum absolute atomic E-state index is 0.122. The molecule has 3 rings (SSSR count). The van der Waals surface area contributed by atoms with E-state index in [4.69, 9.17) is 0 Å². The van der Waals surface area contributed by atoms with Gasteiger partial charge >= 0.3 is 0 Å². The molecule has 2 aromatic rings. The Morgan fingerprint density at radius 3 is 3.00 bits per heavy atom. The molecule has 0 spiro atoms. The monoisotopic (exact) mass is 303 g/mol. The van der Waals surface area contributed by atoms with Crippen molar-refractivity contribution in [1.29, 1.82) is 0 Å². The molecule has 0 radical (unpaired) electrons. The Hall–Kier alpha value is -1.75. The molecule has 1 aromatic heterocycles. The van der Waals surface area contributed by atoms with E-state index in [1.165, 1.54) is 6.07 Å². The van der Waals surface area contributed by atoms with Crippen molar-refractivity contribution in [3.8, 4) is 0 Å². The Kier molecular flexibility index (Phi) is 4.01. The Morgan fingerprint density at radius 2 is 2.19 bits per heavy atom. The third-order valence-electron chi connectivity index (χ3n) is 3.64. The SMILES string of the molecule is CN(C)c1ccncc1NC1CCSc2c(F)cccc21. The van der Waals surface area contributed by atoms with Gasteiger partial charge in [-0.3, -0.25) is 4.98 Å². The molecular weight excluding hydrogens is 285 g/mol. The topological polar surface area (TPSA) is 28.2 Å². The number of pyridine rings is 1. The quantitative estimate of drug-likeness (QED) is 0.930. The van der Waals surface area contributed by atoms with Crippen LogP contribution in [0.5, 0.6) is 0 Å². The summed E-state index contributed by atoms with van der Waals surface area (Å²) in [6, 6.07) is 7.43. The van der Waals surface area contributed by atoms with Crippen LogP contribution in [0.1, 0.15) is 18.0 Å². The fraction of sp³-hybridized carbons (Fsp3) is 0.312. The van der Waals surface area contributed by atoms with Crippen molar-refractivity contribution < 1.29 is 4.39 Å². The Labute approximate surface area is 128 Å². The van der Waals surface area contributed by atoms with Crippen LogP contribution in [0.3, 0.4) is 0 Å². The van der Waals surface area contributed by atoms with Gasteiger partial charge in [0.1, 0.15) is 5.82 Å². The summed E-state index contributed by atoms with van der Waals surface area (Å²) < 4.78 is 13.9. The van der Waals surface area contributed by atoms with Crippen molar-refractivity contribution >= 4 is 23.1 Å². The lowest BCUT2D eigenvalue weighted by Crippen LogP contribution is -2.19. The van der Waals surface area contributed by atoms with Gasteiger partial charge in [0, 0.05) is 30.9 Å². The van der Waals surface area contributed by atoms with Crippen molar-refractivity contribution in [2.24, 2.45) is 0 Å². The molecule has 0 fully saturated rings. The molecule has 5 heteroatoms. The fourth-order valence-electron chi connectivity index (χ4n) is 2.61. The number of benzene rings is 1. The molecule has 1 aliphatic heterocycles. The highest BCUT2D eigenvalue weighted by Gasteiger charge is 2.23. The van der Waals surface area contributed by atoms with Gasteiger partial charge in [0.05, 0.1) is 23.6 Å².